The predicted molar refractivity (Wildman–Crippen MR) is 52.2 cm³/mol. The number of halogens is 1. The van der Waals surface area contributed by atoms with Crippen molar-refractivity contribution >= 4 is 17.4 Å². The molecule has 1 aromatic rings. The molecule has 0 spiro atoms. The van der Waals surface area contributed by atoms with Crippen molar-refractivity contribution in [1.29, 1.82) is 0 Å². The second-order valence-corrected chi connectivity index (χ2v) is 3.20. The Hall–Kier alpha value is -0.860. The lowest BCUT2D eigenvalue weighted by Crippen LogP contribution is -1.96. The topological polar surface area (TPSA) is 26.3 Å². The van der Waals surface area contributed by atoms with E-state index < -0.39 is 0 Å². The first-order chi connectivity index (χ1) is 6.15. The van der Waals surface area contributed by atoms with Crippen LogP contribution in [0.15, 0.2) is 18.2 Å². The van der Waals surface area contributed by atoms with Gasteiger partial charge in [-0.15, -0.1) is 0 Å². The highest BCUT2D eigenvalue weighted by atomic mass is 35.5. The van der Waals surface area contributed by atoms with E-state index in [2.05, 4.69) is 0 Å². The molecule has 0 aliphatic heterocycles. The zero-order valence-electron chi connectivity index (χ0n) is 7.63. The maximum Gasteiger partial charge on any atom is 0.159 e. The molecule has 0 saturated carbocycles. The minimum absolute atomic E-state index is 0.0361. The average Bonchev–Trinajstić information content (AvgIpc) is 2.08. The summed E-state index contributed by atoms with van der Waals surface area (Å²) in [5.74, 6) is 0.0361. The van der Waals surface area contributed by atoms with Crippen LogP contribution in [0.5, 0.6) is 0 Å². The monoisotopic (exact) mass is 198 g/mol. The average molecular weight is 199 g/mol. The molecule has 2 nitrogen and oxygen atoms in total. The SMILES string of the molecule is COCc1cc(C(C)=O)ccc1Cl. The van der Waals surface area contributed by atoms with Crippen LogP contribution in [-0.2, 0) is 11.3 Å². The van der Waals surface area contributed by atoms with E-state index in [1.807, 2.05) is 0 Å². The highest BCUT2D eigenvalue weighted by molar-refractivity contribution is 6.31. The molecular weight excluding hydrogens is 188 g/mol. The third-order valence-corrected chi connectivity index (χ3v) is 2.12. The summed E-state index contributed by atoms with van der Waals surface area (Å²) in [5, 5.41) is 0.631. The molecule has 0 aliphatic carbocycles. The van der Waals surface area contributed by atoms with Gasteiger partial charge in [0.25, 0.3) is 0 Å². The predicted octanol–water partition coefficient (Wildman–Crippen LogP) is 2.69. The standard InChI is InChI=1S/C10H11ClO2/c1-7(12)8-3-4-10(11)9(5-8)6-13-2/h3-5H,6H2,1-2H3. The van der Waals surface area contributed by atoms with Crippen molar-refractivity contribution in [2.75, 3.05) is 7.11 Å². The van der Waals surface area contributed by atoms with E-state index in [9.17, 15) is 4.79 Å². The first kappa shape index (κ1) is 10.2. The molecule has 13 heavy (non-hydrogen) atoms. The Morgan fingerprint density at radius 1 is 1.54 bits per heavy atom. The lowest BCUT2D eigenvalue weighted by Gasteiger charge is -2.04. The number of hydrogen-bond donors (Lipinski definition) is 0. The molecule has 0 N–H and O–H groups in total. The van der Waals surface area contributed by atoms with Crippen LogP contribution in [-0.4, -0.2) is 12.9 Å². The van der Waals surface area contributed by atoms with Gasteiger partial charge in [0.15, 0.2) is 5.78 Å². The van der Waals surface area contributed by atoms with E-state index in [0.29, 0.717) is 17.2 Å². The summed E-state index contributed by atoms with van der Waals surface area (Å²) in [5.41, 5.74) is 1.51. The van der Waals surface area contributed by atoms with Crippen LogP contribution in [0.25, 0.3) is 0 Å². The minimum atomic E-state index is 0.0361. The molecule has 0 bridgehead atoms. The highest BCUT2D eigenvalue weighted by Gasteiger charge is 2.04. The number of benzene rings is 1. The Morgan fingerprint density at radius 2 is 2.23 bits per heavy atom. The maximum atomic E-state index is 11.0. The summed E-state index contributed by atoms with van der Waals surface area (Å²) >= 11 is 5.89. The van der Waals surface area contributed by atoms with Gasteiger partial charge in [0, 0.05) is 17.7 Å². The third-order valence-electron chi connectivity index (χ3n) is 1.75. The van der Waals surface area contributed by atoms with E-state index in [1.165, 1.54) is 6.92 Å². The number of ether oxygens (including phenoxy) is 1. The summed E-state index contributed by atoms with van der Waals surface area (Å²) in [6.07, 6.45) is 0. The van der Waals surface area contributed by atoms with Crippen molar-refractivity contribution in [3.8, 4) is 0 Å². The number of Topliss-reactive ketones (excluding diaryl/α,β-unsaturated/α-hetero) is 1. The van der Waals surface area contributed by atoms with E-state index in [0.717, 1.165) is 5.56 Å². The van der Waals surface area contributed by atoms with Crippen molar-refractivity contribution in [1.82, 2.24) is 0 Å². The van der Waals surface area contributed by atoms with Crippen molar-refractivity contribution < 1.29 is 9.53 Å². The molecule has 0 aromatic heterocycles. The molecule has 0 aliphatic rings. The summed E-state index contributed by atoms with van der Waals surface area (Å²) in [4.78, 5) is 11.0. The Bertz CT molecular complexity index is 321. The molecule has 0 unspecified atom stereocenters. The molecule has 1 rings (SSSR count). The van der Waals surface area contributed by atoms with Gasteiger partial charge in [0.2, 0.25) is 0 Å². The quantitative estimate of drug-likeness (QED) is 0.699. The fourth-order valence-electron chi connectivity index (χ4n) is 1.06. The van der Waals surface area contributed by atoms with Crippen LogP contribution in [0, 0.1) is 0 Å². The molecular formula is C10H11ClO2. The number of ketones is 1. The van der Waals surface area contributed by atoms with Crippen molar-refractivity contribution in [2.24, 2.45) is 0 Å². The second-order valence-electron chi connectivity index (χ2n) is 2.80. The lowest BCUT2D eigenvalue weighted by atomic mass is 10.1. The number of carbonyl (C=O) groups excluding carboxylic acids is 1. The van der Waals surface area contributed by atoms with Crippen molar-refractivity contribution in [3.05, 3.63) is 34.3 Å². The first-order valence-electron chi connectivity index (χ1n) is 3.93. The number of rotatable bonds is 3. The molecule has 3 heteroatoms. The lowest BCUT2D eigenvalue weighted by molar-refractivity contribution is 0.101. The zero-order chi connectivity index (χ0) is 9.84. The van der Waals surface area contributed by atoms with Gasteiger partial charge in [-0.25, -0.2) is 0 Å². The summed E-state index contributed by atoms with van der Waals surface area (Å²) in [6.45, 7) is 1.96. The van der Waals surface area contributed by atoms with Gasteiger partial charge in [-0.3, -0.25) is 4.79 Å². The summed E-state index contributed by atoms with van der Waals surface area (Å²) in [7, 11) is 1.59. The van der Waals surface area contributed by atoms with E-state index >= 15 is 0 Å². The Labute approximate surface area is 82.5 Å². The van der Waals surface area contributed by atoms with Gasteiger partial charge in [-0.1, -0.05) is 11.6 Å². The number of hydrogen-bond acceptors (Lipinski definition) is 2. The second kappa shape index (κ2) is 4.40. The fourth-order valence-corrected chi connectivity index (χ4v) is 1.23. The van der Waals surface area contributed by atoms with Crippen molar-refractivity contribution in [2.45, 2.75) is 13.5 Å². The van der Waals surface area contributed by atoms with Gasteiger partial charge in [0.05, 0.1) is 6.61 Å². The van der Waals surface area contributed by atoms with Crippen LogP contribution in [0.4, 0.5) is 0 Å². The number of methoxy groups -OCH3 is 1. The number of carbonyl (C=O) groups is 1. The first-order valence-corrected chi connectivity index (χ1v) is 4.31. The normalized spacial score (nSPS) is 10.1. The maximum absolute atomic E-state index is 11.0. The van der Waals surface area contributed by atoms with E-state index in [4.69, 9.17) is 16.3 Å². The highest BCUT2D eigenvalue weighted by Crippen LogP contribution is 2.18. The molecule has 0 heterocycles. The molecule has 0 fully saturated rings. The minimum Gasteiger partial charge on any atom is -0.380 e. The molecule has 1 aromatic carbocycles. The Kier molecular flexibility index (Phi) is 3.46. The largest absolute Gasteiger partial charge is 0.380 e. The molecule has 0 saturated heterocycles. The van der Waals surface area contributed by atoms with E-state index in [-0.39, 0.29) is 5.78 Å². The van der Waals surface area contributed by atoms with Crippen LogP contribution >= 0.6 is 11.6 Å². The summed E-state index contributed by atoms with van der Waals surface area (Å²) < 4.78 is 4.95. The Morgan fingerprint density at radius 3 is 2.77 bits per heavy atom. The third kappa shape index (κ3) is 2.54. The van der Waals surface area contributed by atoms with Gasteiger partial charge < -0.3 is 4.74 Å². The van der Waals surface area contributed by atoms with Crippen LogP contribution in [0.1, 0.15) is 22.8 Å². The zero-order valence-corrected chi connectivity index (χ0v) is 8.39. The fraction of sp³-hybridized carbons (Fsp3) is 0.300. The van der Waals surface area contributed by atoms with Crippen molar-refractivity contribution in [3.63, 3.8) is 0 Å². The van der Waals surface area contributed by atoms with Gasteiger partial charge in [0.1, 0.15) is 0 Å². The van der Waals surface area contributed by atoms with E-state index in [1.54, 1.807) is 25.3 Å². The molecule has 0 radical (unpaired) electrons. The summed E-state index contributed by atoms with van der Waals surface area (Å²) in [6, 6.07) is 5.19. The molecule has 70 valence electrons. The molecule has 0 atom stereocenters. The van der Waals surface area contributed by atoms with Crippen LogP contribution < -0.4 is 0 Å². The smallest absolute Gasteiger partial charge is 0.159 e. The Balaban J connectivity index is 3.03. The van der Waals surface area contributed by atoms with Gasteiger partial charge in [-0.2, -0.15) is 0 Å². The van der Waals surface area contributed by atoms with Gasteiger partial charge in [-0.05, 0) is 30.7 Å². The molecule has 0 amide bonds. The van der Waals surface area contributed by atoms with Crippen LogP contribution in [0.3, 0.4) is 0 Å². The van der Waals surface area contributed by atoms with Crippen LogP contribution in [0.2, 0.25) is 5.02 Å². The van der Waals surface area contributed by atoms with Gasteiger partial charge >= 0.3 is 0 Å².